The van der Waals surface area contributed by atoms with Gasteiger partial charge in [-0.1, -0.05) is 36.8 Å². The lowest BCUT2D eigenvalue weighted by Gasteiger charge is -2.35. The van der Waals surface area contributed by atoms with Crippen LogP contribution in [0.3, 0.4) is 0 Å². The van der Waals surface area contributed by atoms with Crippen molar-refractivity contribution >= 4 is 16.7 Å². The number of nitrogens with zero attached hydrogens (tertiary/aromatic N) is 2. The molecule has 0 spiro atoms. The summed E-state index contributed by atoms with van der Waals surface area (Å²) in [6.07, 6.45) is 5.30. The number of benzene rings is 2. The van der Waals surface area contributed by atoms with Crippen molar-refractivity contribution in [1.29, 1.82) is 0 Å². The van der Waals surface area contributed by atoms with E-state index < -0.39 is 6.04 Å². The Morgan fingerprint density at radius 3 is 2.47 bits per heavy atom. The van der Waals surface area contributed by atoms with E-state index in [1.165, 1.54) is 23.8 Å². The molecule has 1 aromatic heterocycles. The topological polar surface area (TPSA) is 63.6 Å². The molecule has 2 heterocycles. The molecule has 2 aromatic carbocycles. The molecule has 1 saturated heterocycles. The third-order valence-corrected chi connectivity index (χ3v) is 6.44. The fraction of sp³-hybridized carbons (Fsp3) is 0.385. The van der Waals surface area contributed by atoms with Gasteiger partial charge in [0.25, 0.3) is 5.56 Å². The first kappa shape index (κ1) is 22.1. The number of rotatable bonds is 7. The normalized spacial score (nSPS) is 16.4. The SMILES string of the molecule is COc1ccc(C(CNC(=O)C(C)n2ccc3ccccc3c2=O)N2CCCCC2)cc1. The predicted molar refractivity (Wildman–Crippen MR) is 127 cm³/mol. The van der Waals surface area contributed by atoms with Crippen molar-refractivity contribution in [3.63, 3.8) is 0 Å². The minimum absolute atomic E-state index is 0.0886. The maximum absolute atomic E-state index is 13.0. The van der Waals surface area contributed by atoms with Crippen LogP contribution >= 0.6 is 0 Å². The molecule has 2 atom stereocenters. The molecule has 1 fully saturated rings. The number of pyridine rings is 1. The van der Waals surface area contributed by atoms with Crippen molar-refractivity contribution in [2.75, 3.05) is 26.7 Å². The standard InChI is InChI=1S/C26H31N3O3/c1-19(29-17-14-20-8-4-5-9-23(20)26(29)31)25(30)27-18-24(28-15-6-3-7-16-28)21-10-12-22(32-2)13-11-21/h4-5,8-14,17,19,24H,3,6-7,15-16,18H2,1-2H3,(H,27,30). The monoisotopic (exact) mass is 433 g/mol. The van der Waals surface area contributed by atoms with E-state index in [0.29, 0.717) is 11.9 Å². The number of methoxy groups -OCH3 is 1. The van der Waals surface area contributed by atoms with Crippen LogP contribution in [-0.2, 0) is 4.79 Å². The number of carbonyl (C=O) groups is 1. The Balaban J connectivity index is 1.51. The van der Waals surface area contributed by atoms with Gasteiger partial charge in [-0.05, 0) is 68.1 Å². The summed E-state index contributed by atoms with van der Waals surface area (Å²) in [5.74, 6) is 0.664. The summed E-state index contributed by atoms with van der Waals surface area (Å²) in [7, 11) is 1.66. The molecule has 0 radical (unpaired) electrons. The highest BCUT2D eigenvalue weighted by Crippen LogP contribution is 2.26. The molecule has 168 valence electrons. The van der Waals surface area contributed by atoms with Crippen molar-refractivity contribution in [3.8, 4) is 5.75 Å². The van der Waals surface area contributed by atoms with Crippen molar-refractivity contribution < 1.29 is 9.53 Å². The maximum atomic E-state index is 13.0. The molecule has 0 saturated carbocycles. The van der Waals surface area contributed by atoms with Gasteiger partial charge < -0.3 is 14.6 Å². The van der Waals surface area contributed by atoms with Gasteiger partial charge >= 0.3 is 0 Å². The van der Waals surface area contributed by atoms with Gasteiger partial charge in [0.2, 0.25) is 5.91 Å². The highest BCUT2D eigenvalue weighted by molar-refractivity contribution is 5.83. The van der Waals surface area contributed by atoms with Crippen molar-refractivity contribution in [2.24, 2.45) is 0 Å². The molecule has 4 rings (SSSR count). The van der Waals surface area contributed by atoms with Crippen LogP contribution < -0.4 is 15.6 Å². The second kappa shape index (κ2) is 10.0. The molecular formula is C26H31N3O3. The van der Waals surface area contributed by atoms with Gasteiger partial charge in [-0.2, -0.15) is 0 Å². The largest absolute Gasteiger partial charge is 0.497 e. The zero-order valence-corrected chi connectivity index (χ0v) is 18.8. The number of aromatic nitrogens is 1. The van der Waals surface area contributed by atoms with E-state index in [4.69, 9.17) is 4.74 Å². The summed E-state index contributed by atoms with van der Waals surface area (Å²) in [6, 6.07) is 16.9. The van der Waals surface area contributed by atoms with Crippen LogP contribution in [0, 0.1) is 0 Å². The number of likely N-dealkylation sites (tertiary alicyclic amines) is 1. The number of amides is 1. The molecule has 6 heteroatoms. The van der Waals surface area contributed by atoms with Crippen LogP contribution in [0.1, 0.15) is 43.8 Å². The summed E-state index contributed by atoms with van der Waals surface area (Å²) in [5, 5.41) is 4.61. The number of piperidine rings is 1. The van der Waals surface area contributed by atoms with E-state index >= 15 is 0 Å². The van der Waals surface area contributed by atoms with Crippen molar-refractivity contribution in [1.82, 2.24) is 14.8 Å². The highest BCUT2D eigenvalue weighted by atomic mass is 16.5. The number of nitrogens with one attached hydrogen (secondary N) is 1. The molecule has 1 aliphatic heterocycles. The zero-order valence-electron chi connectivity index (χ0n) is 18.8. The lowest BCUT2D eigenvalue weighted by molar-refractivity contribution is -0.124. The Morgan fingerprint density at radius 1 is 1.03 bits per heavy atom. The summed E-state index contributed by atoms with van der Waals surface area (Å²) in [6.45, 7) is 4.31. The molecule has 0 bridgehead atoms. The van der Waals surface area contributed by atoms with E-state index in [2.05, 4.69) is 22.3 Å². The smallest absolute Gasteiger partial charge is 0.259 e. The van der Waals surface area contributed by atoms with Crippen LogP contribution in [0.2, 0.25) is 0 Å². The Kier molecular flexibility index (Phi) is 6.90. The molecule has 1 N–H and O–H groups in total. The van der Waals surface area contributed by atoms with E-state index in [0.717, 1.165) is 29.8 Å². The Labute approximate surface area is 188 Å². The third-order valence-electron chi connectivity index (χ3n) is 6.44. The van der Waals surface area contributed by atoms with Gasteiger partial charge in [0.15, 0.2) is 0 Å². The number of carbonyl (C=O) groups excluding carboxylic acids is 1. The second-order valence-electron chi connectivity index (χ2n) is 8.42. The van der Waals surface area contributed by atoms with Crippen molar-refractivity contribution in [2.45, 2.75) is 38.3 Å². The quantitative estimate of drug-likeness (QED) is 0.614. The minimum Gasteiger partial charge on any atom is -0.497 e. The molecule has 1 aliphatic rings. The van der Waals surface area contributed by atoms with Crippen LogP contribution in [0.4, 0.5) is 0 Å². The lowest BCUT2D eigenvalue weighted by Crippen LogP contribution is -2.43. The van der Waals surface area contributed by atoms with E-state index in [1.54, 1.807) is 26.3 Å². The van der Waals surface area contributed by atoms with Crippen LogP contribution in [-0.4, -0.2) is 42.1 Å². The first-order valence-corrected chi connectivity index (χ1v) is 11.3. The molecule has 32 heavy (non-hydrogen) atoms. The first-order valence-electron chi connectivity index (χ1n) is 11.3. The summed E-state index contributed by atoms with van der Waals surface area (Å²) < 4.78 is 6.81. The number of fused-ring (bicyclic) bond motifs is 1. The summed E-state index contributed by atoms with van der Waals surface area (Å²) in [4.78, 5) is 28.4. The second-order valence-corrected chi connectivity index (χ2v) is 8.42. The van der Waals surface area contributed by atoms with Crippen LogP contribution in [0.5, 0.6) is 5.75 Å². The molecule has 0 aliphatic carbocycles. The van der Waals surface area contributed by atoms with Gasteiger partial charge in [0.05, 0.1) is 13.2 Å². The fourth-order valence-electron chi connectivity index (χ4n) is 4.49. The van der Waals surface area contributed by atoms with Crippen molar-refractivity contribution in [3.05, 3.63) is 76.7 Å². The first-order chi connectivity index (χ1) is 15.6. The molecule has 6 nitrogen and oxygen atoms in total. The zero-order chi connectivity index (χ0) is 22.5. The van der Waals surface area contributed by atoms with Crippen LogP contribution in [0.15, 0.2) is 65.6 Å². The summed E-state index contributed by atoms with van der Waals surface area (Å²) >= 11 is 0. The summed E-state index contributed by atoms with van der Waals surface area (Å²) in [5.41, 5.74) is 1.01. The minimum atomic E-state index is -0.593. The van der Waals surface area contributed by atoms with Gasteiger partial charge in [-0.25, -0.2) is 0 Å². The van der Waals surface area contributed by atoms with Gasteiger partial charge in [0, 0.05) is 18.1 Å². The molecule has 2 unspecified atom stereocenters. The average Bonchev–Trinajstić information content (AvgIpc) is 2.85. The number of ether oxygens (including phenoxy) is 1. The van der Waals surface area contributed by atoms with Gasteiger partial charge in [-0.15, -0.1) is 0 Å². The van der Waals surface area contributed by atoms with E-state index in [-0.39, 0.29) is 17.5 Å². The predicted octanol–water partition coefficient (Wildman–Crippen LogP) is 3.91. The van der Waals surface area contributed by atoms with Gasteiger partial charge in [0.1, 0.15) is 11.8 Å². The Morgan fingerprint density at radius 2 is 1.75 bits per heavy atom. The Hall–Kier alpha value is -3.12. The average molecular weight is 434 g/mol. The molecule has 3 aromatic rings. The number of hydrogen-bond donors (Lipinski definition) is 1. The van der Waals surface area contributed by atoms with E-state index in [1.807, 2.05) is 36.4 Å². The highest BCUT2D eigenvalue weighted by Gasteiger charge is 2.24. The van der Waals surface area contributed by atoms with Crippen LogP contribution in [0.25, 0.3) is 10.8 Å². The van der Waals surface area contributed by atoms with E-state index in [9.17, 15) is 9.59 Å². The Bertz CT molecular complexity index is 1120. The lowest BCUT2D eigenvalue weighted by atomic mass is 10.0. The number of hydrogen-bond acceptors (Lipinski definition) is 4. The third kappa shape index (κ3) is 4.70. The molecule has 1 amide bonds. The van der Waals surface area contributed by atoms with Gasteiger partial charge in [-0.3, -0.25) is 14.5 Å². The molecular weight excluding hydrogens is 402 g/mol. The fourth-order valence-corrected chi connectivity index (χ4v) is 4.49. The maximum Gasteiger partial charge on any atom is 0.259 e.